The summed E-state index contributed by atoms with van der Waals surface area (Å²) in [6.07, 6.45) is 5.31. The van der Waals surface area contributed by atoms with Crippen molar-refractivity contribution in [2.75, 3.05) is 16.8 Å². The normalized spacial score (nSPS) is 11.8. The molecule has 1 unspecified atom stereocenters. The minimum Gasteiger partial charge on any atom is -0.481 e. The lowest BCUT2D eigenvalue weighted by atomic mass is 9.97. The molecule has 3 aromatic rings. The summed E-state index contributed by atoms with van der Waals surface area (Å²) in [6.45, 7) is 5.43. The number of hydrogen-bond donors (Lipinski definition) is 2. The van der Waals surface area contributed by atoms with Gasteiger partial charge in [0.25, 0.3) is 0 Å². The van der Waals surface area contributed by atoms with Gasteiger partial charge in [-0.15, -0.1) is 0 Å². The first kappa shape index (κ1) is 31.1. The molecule has 40 heavy (non-hydrogen) atoms. The number of carboxylic acids is 1. The molecule has 0 radical (unpaired) electrons. The van der Waals surface area contributed by atoms with E-state index < -0.39 is 46.6 Å². The Hall–Kier alpha value is -3.46. The van der Waals surface area contributed by atoms with Crippen LogP contribution in [0.4, 0.5) is 29.3 Å². The maximum atomic E-state index is 14.4. The summed E-state index contributed by atoms with van der Waals surface area (Å²) in [7, 11) is 0. The number of carbonyl (C=O) groups excluding carboxylic acids is 1. The van der Waals surface area contributed by atoms with Gasteiger partial charge in [-0.1, -0.05) is 63.4 Å². The first-order valence-electron chi connectivity index (χ1n) is 13.5. The number of anilines is 2. The molecule has 9 heteroatoms. The van der Waals surface area contributed by atoms with Crippen LogP contribution in [0.1, 0.15) is 69.4 Å². The van der Waals surface area contributed by atoms with E-state index in [4.69, 9.17) is 0 Å². The fraction of sp³-hybridized carbons (Fsp3) is 0.355. The third-order valence-corrected chi connectivity index (χ3v) is 7.75. The first-order valence-corrected chi connectivity index (χ1v) is 14.3. The molecule has 2 amide bonds. The fourth-order valence-corrected chi connectivity index (χ4v) is 5.15. The molecule has 0 aliphatic rings. The molecule has 2 N–H and O–H groups in total. The average Bonchev–Trinajstić information content (AvgIpc) is 2.94. The second-order valence-electron chi connectivity index (χ2n) is 9.62. The zero-order valence-corrected chi connectivity index (χ0v) is 23.8. The third-order valence-electron chi connectivity index (χ3n) is 6.73. The predicted molar refractivity (Wildman–Crippen MR) is 154 cm³/mol. The van der Waals surface area contributed by atoms with Crippen LogP contribution in [0.5, 0.6) is 0 Å². The third kappa shape index (κ3) is 8.03. The van der Waals surface area contributed by atoms with Gasteiger partial charge in [-0.25, -0.2) is 18.0 Å². The number of carboxylic acid groups (broad SMARTS) is 1. The number of halogens is 3. The summed E-state index contributed by atoms with van der Waals surface area (Å²) < 4.78 is 42.6. The van der Waals surface area contributed by atoms with Crippen LogP contribution < -0.4 is 10.2 Å². The van der Waals surface area contributed by atoms with Crippen molar-refractivity contribution in [1.82, 2.24) is 0 Å². The molecule has 1 atom stereocenters. The van der Waals surface area contributed by atoms with Crippen LogP contribution in [-0.2, 0) is 4.79 Å². The summed E-state index contributed by atoms with van der Waals surface area (Å²) in [5, 5.41) is 11.7. The van der Waals surface area contributed by atoms with Gasteiger partial charge in [0.1, 0.15) is 5.82 Å². The van der Waals surface area contributed by atoms with Gasteiger partial charge in [-0.05, 0) is 61.7 Å². The number of benzene rings is 3. The lowest BCUT2D eigenvalue weighted by Crippen LogP contribution is -2.36. The van der Waals surface area contributed by atoms with Crippen LogP contribution in [0.3, 0.4) is 0 Å². The van der Waals surface area contributed by atoms with E-state index in [0.29, 0.717) is 25.1 Å². The van der Waals surface area contributed by atoms with E-state index >= 15 is 0 Å². The molecule has 0 fully saturated rings. The van der Waals surface area contributed by atoms with Crippen LogP contribution in [0.15, 0.2) is 64.4 Å². The Kier molecular flexibility index (Phi) is 11.5. The van der Waals surface area contributed by atoms with E-state index in [1.807, 2.05) is 43.3 Å². The van der Waals surface area contributed by atoms with Crippen molar-refractivity contribution < 1.29 is 27.9 Å². The number of nitrogens with one attached hydrogen (secondary N) is 1. The Balaban J connectivity index is 1.76. The van der Waals surface area contributed by atoms with Crippen molar-refractivity contribution in [2.45, 2.75) is 75.0 Å². The number of nitrogens with zero attached hydrogens (tertiary/aromatic N) is 1. The summed E-state index contributed by atoms with van der Waals surface area (Å²) >= 11 is 1.49. The van der Waals surface area contributed by atoms with Crippen LogP contribution in [0.2, 0.25) is 0 Å². The fourth-order valence-electron chi connectivity index (χ4n) is 4.33. The van der Waals surface area contributed by atoms with Crippen LogP contribution >= 0.6 is 11.8 Å². The topological polar surface area (TPSA) is 69.6 Å². The molecule has 0 aliphatic heterocycles. The van der Waals surface area contributed by atoms with Gasteiger partial charge < -0.3 is 10.4 Å². The molecule has 0 saturated heterocycles. The molecule has 0 bridgehead atoms. The number of aliphatic carboxylic acids is 1. The maximum Gasteiger partial charge on any atom is 0.326 e. The van der Waals surface area contributed by atoms with Crippen LogP contribution in [-0.4, -0.2) is 23.7 Å². The number of unbranched alkanes of at least 4 members (excludes halogenated alkanes) is 4. The second kappa shape index (κ2) is 14.8. The lowest BCUT2D eigenvalue weighted by Gasteiger charge is -2.24. The lowest BCUT2D eigenvalue weighted by molar-refractivity contribution is -0.138. The van der Waals surface area contributed by atoms with Crippen molar-refractivity contribution in [3.63, 3.8) is 0 Å². The number of rotatable bonds is 13. The van der Waals surface area contributed by atoms with E-state index in [2.05, 4.69) is 12.2 Å². The number of carbonyl (C=O) groups is 2. The molecule has 0 heterocycles. The number of hydrogen-bond acceptors (Lipinski definition) is 3. The van der Waals surface area contributed by atoms with Crippen molar-refractivity contribution >= 4 is 35.1 Å². The molecule has 3 aromatic carbocycles. The Morgan fingerprint density at radius 3 is 2.08 bits per heavy atom. The largest absolute Gasteiger partial charge is 0.481 e. The molecule has 3 rings (SSSR count). The molecule has 0 aromatic heterocycles. The van der Waals surface area contributed by atoms with E-state index in [-0.39, 0.29) is 0 Å². The first-order chi connectivity index (χ1) is 19.2. The van der Waals surface area contributed by atoms with Crippen molar-refractivity contribution in [2.24, 2.45) is 0 Å². The summed E-state index contributed by atoms with van der Waals surface area (Å²) in [5.41, 5.74) is 0.317. The van der Waals surface area contributed by atoms with E-state index in [1.165, 1.54) is 16.7 Å². The predicted octanol–water partition coefficient (Wildman–Crippen LogP) is 9.15. The van der Waals surface area contributed by atoms with Gasteiger partial charge in [-0.3, -0.25) is 9.69 Å². The molecular weight excluding hydrogens is 537 g/mol. The molecule has 214 valence electrons. The summed E-state index contributed by atoms with van der Waals surface area (Å²) in [6, 6.07) is 14.7. The average molecular weight is 573 g/mol. The highest BCUT2D eigenvalue weighted by molar-refractivity contribution is 7.99. The van der Waals surface area contributed by atoms with Crippen molar-refractivity contribution in [3.05, 3.63) is 83.2 Å². The quantitative estimate of drug-likeness (QED) is 0.158. The SMILES string of the molecule is CCCCCCCN(C(=O)Nc1cc(F)c(C)c(F)c1F)c1ccc(Sc2ccc(C(CC)C(=O)O)cc2)cc1. The monoisotopic (exact) mass is 572 g/mol. The molecule has 5 nitrogen and oxygen atoms in total. The van der Waals surface area contributed by atoms with Gasteiger partial charge >= 0.3 is 12.0 Å². The highest BCUT2D eigenvalue weighted by Gasteiger charge is 2.22. The van der Waals surface area contributed by atoms with Gasteiger partial charge in [0.2, 0.25) is 0 Å². The smallest absolute Gasteiger partial charge is 0.326 e. The zero-order valence-electron chi connectivity index (χ0n) is 23.0. The van der Waals surface area contributed by atoms with E-state index in [1.54, 1.807) is 12.1 Å². The Morgan fingerprint density at radius 2 is 1.50 bits per heavy atom. The molecule has 0 spiro atoms. The maximum absolute atomic E-state index is 14.4. The van der Waals surface area contributed by atoms with Gasteiger partial charge in [0.05, 0.1) is 11.6 Å². The second-order valence-corrected chi connectivity index (χ2v) is 10.8. The summed E-state index contributed by atoms with van der Waals surface area (Å²) in [4.78, 5) is 27.9. The minimum atomic E-state index is -1.33. The summed E-state index contributed by atoms with van der Waals surface area (Å²) in [5.74, 6) is -4.97. The highest BCUT2D eigenvalue weighted by atomic mass is 32.2. The van der Waals surface area contributed by atoms with E-state index in [9.17, 15) is 27.9 Å². The van der Waals surface area contributed by atoms with Crippen LogP contribution in [0, 0.1) is 24.4 Å². The van der Waals surface area contributed by atoms with Crippen molar-refractivity contribution in [3.8, 4) is 0 Å². The van der Waals surface area contributed by atoms with Gasteiger partial charge in [-0.2, -0.15) is 0 Å². The number of amides is 2. The molecular formula is C31H35F3N2O3S. The van der Waals surface area contributed by atoms with Crippen LogP contribution in [0.25, 0.3) is 0 Å². The van der Waals surface area contributed by atoms with E-state index in [0.717, 1.165) is 54.0 Å². The van der Waals surface area contributed by atoms with Gasteiger partial charge in [0, 0.05) is 33.7 Å². The standard InChI is InChI=1S/C31H35F3N2O3S/c1-4-6-7-8-9-18-36(31(39)35-27-19-26(32)20(3)28(33)29(27)34)22-12-16-24(17-13-22)40-23-14-10-21(11-15-23)25(5-2)30(37)38/h10-17,19,25H,4-9,18H2,1-3H3,(H,35,39)(H,37,38). The Morgan fingerprint density at radius 1 is 0.900 bits per heavy atom. The minimum absolute atomic E-state index is 0.351. The highest BCUT2D eigenvalue weighted by Crippen LogP contribution is 2.32. The van der Waals surface area contributed by atoms with Gasteiger partial charge in [0.15, 0.2) is 11.6 Å². The molecule has 0 saturated carbocycles. The molecule has 0 aliphatic carbocycles. The Labute approximate surface area is 237 Å². The number of urea groups is 1. The zero-order chi connectivity index (χ0) is 29.2. The Bertz CT molecular complexity index is 1300. The van der Waals surface area contributed by atoms with Crippen molar-refractivity contribution in [1.29, 1.82) is 0 Å².